The van der Waals surface area contributed by atoms with Crippen LogP contribution in [0.15, 0.2) is 64.5 Å². The van der Waals surface area contributed by atoms with Gasteiger partial charge < -0.3 is 5.11 Å². The third-order valence-electron chi connectivity index (χ3n) is 4.08. The van der Waals surface area contributed by atoms with E-state index in [9.17, 15) is 20.0 Å². The number of nitrogens with zero attached hydrogens (tertiary/aromatic N) is 3. The molecule has 1 aliphatic rings. The van der Waals surface area contributed by atoms with Crippen molar-refractivity contribution in [2.75, 3.05) is 0 Å². The van der Waals surface area contributed by atoms with Crippen molar-refractivity contribution in [3.8, 4) is 11.3 Å². The van der Waals surface area contributed by atoms with Gasteiger partial charge in [0.15, 0.2) is 5.78 Å². The summed E-state index contributed by atoms with van der Waals surface area (Å²) in [5.41, 5.74) is 2.18. The molecule has 2 aromatic carbocycles. The number of nitro groups is 1. The van der Waals surface area contributed by atoms with Gasteiger partial charge in [-0.3, -0.25) is 14.9 Å². The number of ketones is 1. The first kappa shape index (κ1) is 16.8. The molecule has 4 rings (SSSR count). The second kappa shape index (κ2) is 6.58. The Morgan fingerprint density at radius 1 is 1.15 bits per heavy atom. The monoisotopic (exact) mass is 377 g/mol. The Bertz CT molecular complexity index is 1150. The minimum Gasteiger partial charge on any atom is -0.506 e. The number of aromatic nitrogens is 1. The summed E-state index contributed by atoms with van der Waals surface area (Å²) in [6.07, 6.45) is 1.30. The number of carbonyl (C=O) groups is 1. The zero-order valence-corrected chi connectivity index (χ0v) is 14.5. The number of rotatable bonds is 4. The van der Waals surface area contributed by atoms with Crippen molar-refractivity contribution < 1.29 is 14.8 Å². The largest absolute Gasteiger partial charge is 0.506 e. The summed E-state index contributed by atoms with van der Waals surface area (Å²) in [5.74, 6) is -0.392. The number of hydrogen-bond acceptors (Lipinski definition) is 7. The van der Waals surface area contributed by atoms with E-state index in [0.717, 1.165) is 0 Å². The van der Waals surface area contributed by atoms with E-state index in [2.05, 4.69) is 9.98 Å². The predicted molar refractivity (Wildman–Crippen MR) is 103 cm³/mol. The summed E-state index contributed by atoms with van der Waals surface area (Å²) >= 11 is 1.23. The Morgan fingerprint density at radius 3 is 2.67 bits per heavy atom. The van der Waals surface area contributed by atoms with Crippen molar-refractivity contribution in [3.63, 3.8) is 0 Å². The smallest absolute Gasteiger partial charge is 0.270 e. The van der Waals surface area contributed by atoms with Crippen molar-refractivity contribution in [3.05, 3.63) is 80.7 Å². The molecule has 1 aromatic heterocycles. The number of non-ortho nitro benzene ring substituents is 1. The van der Waals surface area contributed by atoms with Gasteiger partial charge in [0.1, 0.15) is 5.76 Å². The molecule has 0 unspecified atom stereocenters. The maximum atomic E-state index is 12.4. The molecule has 0 fully saturated rings. The molecule has 0 spiro atoms. The Hall–Kier alpha value is -3.65. The molecular weight excluding hydrogens is 366 g/mol. The van der Waals surface area contributed by atoms with Gasteiger partial charge in [0.25, 0.3) is 5.69 Å². The van der Waals surface area contributed by atoms with Crippen LogP contribution in [0.4, 0.5) is 10.8 Å². The second-order valence-corrected chi connectivity index (χ2v) is 6.55. The molecule has 0 aliphatic heterocycles. The zero-order chi connectivity index (χ0) is 19.0. The molecule has 132 valence electrons. The lowest BCUT2D eigenvalue weighted by Gasteiger charge is -1.96. The molecule has 1 heterocycles. The fourth-order valence-electron chi connectivity index (χ4n) is 2.76. The topological polar surface area (TPSA) is 106 Å². The average molecular weight is 377 g/mol. The van der Waals surface area contributed by atoms with E-state index in [1.165, 1.54) is 29.7 Å². The Labute approximate surface area is 157 Å². The average Bonchev–Trinajstić information content (AvgIpc) is 3.25. The fourth-order valence-corrected chi connectivity index (χ4v) is 3.43. The van der Waals surface area contributed by atoms with Crippen LogP contribution >= 0.6 is 11.3 Å². The number of benzene rings is 2. The highest BCUT2D eigenvalue weighted by molar-refractivity contribution is 7.13. The van der Waals surface area contributed by atoms with E-state index >= 15 is 0 Å². The Morgan fingerprint density at radius 2 is 1.93 bits per heavy atom. The molecule has 0 radical (unpaired) electrons. The second-order valence-electron chi connectivity index (χ2n) is 5.72. The zero-order valence-electron chi connectivity index (χ0n) is 13.7. The number of carbonyl (C=O) groups excluding carboxylic acids is 1. The maximum Gasteiger partial charge on any atom is 0.270 e. The van der Waals surface area contributed by atoms with E-state index < -0.39 is 4.92 Å². The van der Waals surface area contributed by atoms with Crippen LogP contribution in [0.1, 0.15) is 15.9 Å². The van der Waals surface area contributed by atoms with Crippen LogP contribution in [0.2, 0.25) is 0 Å². The van der Waals surface area contributed by atoms with E-state index in [1.807, 2.05) is 0 Å². The molecular formula is C19H11N3O4S. The van der Waals surface area contributed by atoms with E-state index in [1.54, 1.807) is 41.8 Å². The number of hydrogen-bond donors (Lipinski definition) is 1. The number of fused-ring (bicyclic) bond motifs is 1. The van der Waals surface area contributed by atoms with Gasteiger partial charge in [-0.05, 0) is 0 Å². The van der Waals surface area contributed by atoms with Crippen molar-refractivity contribution in [2.45, 2.75) is 0 Å². The van der Waals surface area contributed by atoms with Gasteiger partial charge in [0.05, 0.1) is 16.2 Å². The molecule has 8 heteroatoms. The highest BCUT2D eigenvalue weighted by atomic mass is 32.1. The van der Waals surface area contributed by atoms with E-state index in [4.69, 9.17) is 0 Å². The number of allylic oxidation sites excluding steroid dienone is 1. The summed E-state index contributed by atoms with van der Waals surface area (Å²) < 4.78 is 0. The third-order valence-corrected chi connectivity index (χ3v) is 4.82. The molecule has 0 saturated carbocycles. The number of aliphatic imine (C=N–C) groups is 1. The van der Waals surface area contributed by atoms with Gasteiger partial charge in [-0.1, -0.05) is 36.4 Å². The lowest BCUT2D eigenvalue weighted by molar-refractivity contribution is -0.384. The van der Waals surface area contributed by atoms with Crippen LogP contribution < -0.4 is 0 Å². The molecule has 0 saturated heterocycles. The van der Waals surface area contributed by atoms with Crippen molar-refractivity contribution in [1.82, 2.24) is 4.98 Å². The minimum atomic E-state index is -0.465. The highest BCUT2D eigenvalue weighted by Gasteiger charge is 2.28. The van der Waals surface area contributed by atoms with Crippen LogP contribution in [-0.4, -0.2) is 27.0 Å². The number of aliphatic hydroxyl groups excluding tert-OH is 1. The van der Waals surface area contributed by atoms with Crippen LogP contribution in [0, 0.1) is 10.1 Å². The molecule has 1 N–H and O–H groups in total. The van der Waals surface area contributed by atoms with Gasteiger partial charge in [-0.15, -0.1) is 11.3 Å². The molecule has 0 atom stereocenters. The SMILES string of the molecule is O=C1C(/C=N/c2nc(-c3cccc([N+](=O)[O-])c3)cs2)=C(O)c2ccccc21. The third kappa shape index (κ3) is 3.02. The van der Waals surface area contributed by atoms with Crippen molar-refractivity contribution in [1.29, 1.82) is 0 Å². The minimum absolute atomic E-state index is 0.0186. The van der Waals surface area contributed by atoms with E-state index in [-0.39, 0.29) is 22.8 Å². The van der Waals surface area contributed by atoms with Gasteiger partial charge >= 0.3 is 0 Å². The summed E-state index contributed by atoms with van der Waals surface area (Å²) in [7, 11) is 0. The fraction of sp³-hybridized carbons (Fsp3) is 0. The first-order chi connectivity index (χ1) is 13.0. The number of aliphatic hydroxyl groups is 1. The lowest BCUT2D eigenvalue weighted by atomic mass is 10.1. The first-order valence-electron chi connectivity index (χ1n) is 7.86. The van der Waals surface area contributed by atoms with Crippen molar-refractivity contribution in [2.24, 2.45) is 4.99 Å². The quantitative estimate of drug-likeness (QED) is 0.407. The van der Waals surface area contributed by atoms with Crippen LogP contribution in [0.3, 0.4) is 0 Å². The summed E-state index contributed by atoms with van der Waals surface area (Å²) in [4.78, 5) is 31.3. The number of nitro benzene ring substituents is 1. The summed E-state index contributed by atoms with van der Waals surface area (Å²) in [6.45, 7) is 0. The molecule has 27 heavy (non-hydrogen) atoms. The lowest BCUT2D eigenvalue weighted by Crippen LogP contribution is -1.99. The van der Waals surface area contributed by atoms with Gasteiger partial charge in [-0.25, -0.2) is 9.98 Å². The standard InChI is InChI=1S/C19H11N3O4S/c23-17-13-6-1-2-7-14(13)18(24)15(17)9-20-19-21-16(10-27-19)11-4-3-5-12(8-11)22(25)26/h1-10,23H/b20-9+. The first-order valence-corrected chi connectivity index (χ1v) is 8.74. The Balaban J connectivity index is 1.61. The maximum absolute atomic E-state index is 12.4. The molecule has 1 aliphatic carbocycles. The van der Waals surface area contributed by atoms with Crippen molar-refractivity contribution >= 4 is 39.9 Å². The summed E-state index contributed by atoms with van der Waals surface area (Å²) in [5, 5.41) is 23.2. The predicted octanol–water partition coefficient (Wildman–Crippen LogP) is 4.59. The Kier molecular flexibility index (Phi) is 4.09. The highest BCUT2D eigenvalue weighted by Crippen LogP contribution is 2.32. The van der Waals surface area contributed by atoms with E-state index in [0.29, 0.717) is 27.5 Å². The normalized spacial score (nSPS) is 13.4. The van der Waals surface area contributed by atoms with Gasteiger partial charge in [0.2, 0.25) is 5.13 Å². The molecule has 7 nitrogen and oxygen atoms in total. The van der Waals surface area contributed by atoms with Gasteiger partial charge in [0, 0.05) is 40.4 Å². The molecule has 0 bridgehead atoms. The van der Waals surface area contributed by atoms with Gasteiger partial charge in [-0.2, -0.15) is 0 Å². The number of thiazole rings is 1. The van der Waals surface area contributed by atoms with Crippen LogP contribution in [-0.2, 0) is 0 Å². The van der Waals surface area contributed by atoms with Crippen LogP contribution in [0.25, 0.3) is 17.0 Å². The summed E-state index contributed by atoms with van der Waals surface area (Å²) in [6, 6.07) is 13.0. The number of Topliss-reactive ketones (excluding diaryl/α,β-unsaturated/α-hetero) is 1. The molecule has 3 aromatic rings. The molecule has 0 amide bonds. The van der Waals surface area contributed by atoms with Crippen LogP contribution in [0.5, 0.6) is 0 Å².